The number of nitrogens with one attached hydrogen (secondary N) is 2. The first-order valence-electron chi connectivity index (χ1n) is 7.90. The Hall–Kier alpha value is -2.64. The Morgan fingerprint density at radius 3 is 2.73 bits per heavy atom. The molecule has 0 saturated carbocycles. The third kappa shape index (κ3) is 4.71. The number of methoxy groups -OCH3 is 1. The Balaban J connectivity index is 1.51. The van der Waals surface area contributed by atoms with Gasteiger partial charge in [0.25, 0.3) is 0 Å². The van der Waals surface area contributed by atoms with Gasteiger partial charge in [0.2, 0.25) is 5.91 Å². The summed E-state index contributed by atoms with van der Waals surface area (Å²) in [4.78, 5) is 12.1. The summed E-state index contributed by atoms with van der Waals surface area (Å²) in [7, 11) is 1.59. The highest BCUT2D eigenvalue weighted by atomic mass is 35.5. The SMILES string of the molecule is COc1ccc(Cl)cc1NCCC(=O)Nc1ccc(-c2csnn2)cc1. The van der Waals surface area contributed by atoms with Crippen molar-refractivity contribution in [3.8, 4) is 17.0 Å². The first-order valence-corrected chi connectivity index (χ1v) is 9.12. The summed E-state index contributed by atoms with van der Waals surface area (Å²) in [5.74, 6) is 0.600. The van der Waals surface area contributed by atoms with Gasteiger partial charge >= 0.3 is 0 Å². The van der Waals surface area contributed by atoms with E-state index in [9.17, 15) is 4.79 Å². The molecule has 0 aliphatic heterocycles. The first kappa shape index (κ1) is 18.2. The lowest BCUT2D eigenvalue weighted by Gasteiger charge is -2.11. The van der Waals surface area contributed by atoms with Gasteiger partial charge < -0.3 is 15.4 Å². The maximum Gasteiger partial charge on any atom is 0.226 e. The van der Waals surface area contributed by atoms with Gasteiger partial charge in [-0.25, -0.2) is 0 Å². The normalized spacial score (nSPS) is 10.4. The Kier molecular flexibility index (Phi) is 6.04. The number of hydrogen-bond donors (Lipinski definition) is 2. The first-order chi connectivity index (χ1) is 12.7. The zero-order chi connectivity index (χ0) is 18.4. The highest BCUT2D eigenvalue weighted by Gasteiger charge is 2.07. The molecule has 134 valence electrons. The molecule has 6 nitrogen and oxygen atoms in total. The smallest absolute Gasteiger partial charge is 0.226 e. The Morgan fingerprint density at radius 1 is 1.23 bits per heavy atom. The number of benzene rings is 2. The van der Waals surface area contributed by atoms with Gasteiger partial charge in [-0.15, -0.1) is 5.10 Å². The average molecular weight is 389 g/mol. The van der Waals surface area contributed by atoms with Crippen LogP contribution in [0.1, 0.15) is 6.42 Å². The molecule has 1 heterocycles. The number of aromatic nitrogens is 2. The van der Waals surface area contributed by atoms with E-state index in [1.165, 1.54) is 11.5 Å². The number of amides is 1. The van der Waals surface area contributed by atoms with Crippen molar-refractivity contribution >= 4 is 40.4 Å². The molecule has 3 rings (SSSR count). The Labute approximate surface area is 160 Å². The van der Waals surface area contributed by atoms with Crippen LogP contribution in [0, 0.1) is 0 Å². The van der Waals surface area contributed by atoms with Crippen LogP contribution in [0.25, 0.3) is 11.3 Å². The summed E-state index contributed by atoms with van der Waals surface area (Å²) < 4.78 is 9.11. The van der Waals surface area contributed by atoms with E-state index >= 15 is 0 Å². The van der Waals surface area contributed by atoms with Crippen LogP contribution in [-0.2, 0) is 4.79 Å². The second-order valence-electron chi connectivity index (χ2n) is 5.44. The van der Waals surface area contributed by atoms with Gasteiger partial charge in [-0.1, -0.05) is 28.2 Å². The molecule has 2 aromatic carbocycles. The molecule has 0 fully saturated rings. The molecule has 0 spiro atoms. The fourth-order valence-corrected chi connectivity index (χ4v) is 3.00. The van der Waals surface area contributed by atoms with E-state index in [4.69, 9.17) is 16.3 Å². The molecule has 0 bridgehead atoms. The maximum absolute atomic E-state index is 12.1. The zero-order valence-electron chi connectivity index (χ0n) is 14.0. The molecular weight excluding hydrogens is 372 g/mol. The van der Waals surface area contributed by atoms with Crippen LogP contribution in [0.15, 0.2) is 47.8 Å². The quantitative estimate of drug-likeness (QED) is 0.630. The van der Waals surface area contributed by atoms with Crippen LogP contribution in [0.4, 0.5) is 11.4 Å². The molecule has 8 heteroatoms. The highest BCUT2D eigenvalue weighted by Crippen LogP contribution is 2.27. The number of nitrogens with zero attached hydrogens (tertiary/aromatic N) is 2. The van der Waals surface area contributed by atoms with Crippen molar-refractivity contribution in [2.45, 2.75) is 6.42 Å². The minimum atomic E-state index is -0.0819. The van der Waals surface area contributed by atoms with Crippen molar-refractivity contribution in [2.75, 3.05) is 24.3 Å². The number of ether oxygens (including phenoxy) is 1. The number of hydrogen-bond acceptors (Lipinski definition) is 6. The standard InChI is InChI=1S/C18H17ClN4O2S/c1-25-17-7-4-13(19)10-15(17)20-9-8-18(24)21-14-5-2-12(3-6-14)16-11-26-23-22-16/h2-7,10-11,20H,8-9H2,1H3,(H,21,24). The largest absolute Gasteiger partial charge is 0.495 e. The number of rotatable bonds is 7. The van der Waals surface area contributed by atoms with Crippen molar-refractivity contribution in [2.24, 2.45) is 0 Å². The molecule has 0 radical (unpaired) electrons. The third-order valence-corrected chi connectivity index (χ3v) is 4.39. The summed E-state index contributed by atoms with van der Waals surface area (Å²) in [6.07, 6.45) is 0.313. The molecule has 3 aromatic rings. The monoisotopic (exact) mass is 388 g/mol. The van der Waals surface area contributed by atoms with Crippen LogP contribution >= 0.6 is 23.1 Å². The fourth-order valence-electron chi connectivity index (χ4n) is 2.37. The van der Waals surface area contributed by atoms with Gasteiger partial charge in [0.1, 0.15) is 11.4 Å². The number of halogens is 1. The van der Waals surface area contributed by atoms with Gasteiger partial charge in [0.15, 0.2) is 0 Å². The lowest BCUT2D eigenvalue weighted by atomic mass is 10.1. The molecule has 0 saturated heterocycles. The topological polar surface area (TPSA) is 76.1 Å². The molecule has 0 atom stereocenters. The number of anilines is 2. The van der Waals surface area contributed by atoms with E-state index in [1.54, 1.807) is 25.3 Å². The second kappa shape index (κ2) is 8.64. The second-order valence-corrected chi connectivity index (χ2v) is 6.48. The highest BCUT2D eigenvalue weighted by molar-refractivity contribution is 7.03. The predicted molar refractivity (Wildman–Crippen MR) is 105 cm³/mol. The van der Waals surface area contributed by atoms with Crippen LogP contribution in [-0.4, -0.2) is 29.1 Å². The predicted octanol–water partition coefficient (Wildman–Crippen LogP) is 4.31. The van der Waals surface area contributed by atoms with Gasteiger partial charge in [0, 0.05) is 34.6 Å². The minimum Gasteiger partial charge on any atom is -0.495 e. The van der Waals surface area contributed by atoms with Crippen molar-refractivity contribution in [1.82, 2.24) is 9.59 Å². The van der Waals surface area contributed by atoms with Crippen molar-refractivity contribution in [3.63, 3.8) is 0 Å². The minimum absolute atomic E-state index is 0.0819. The van der Waals surface area contributed by atoms with E-state index < -0.39 is 0 Å². The van der Waals surface area contributed by atoms with Crippen LogP contribution in [0.2, 0.25) is 5.02 Å². The van der Waals surface area contributed by atoms with Crippen molar-refractivity contribution < 1.29 is 9.53 Å². The molecular formula is C18H17ClN4O2S. The summed E-state index contributed by atoms with van der Waals surface area (Å²) in [5, 5.41) is 12.5. The van der Waals surface area contributed by atoms with E-state index in [-0.39, 0.29) is 5.91 Å². The van der Waals surface area contributed by atoms with Crippen LogP contribution < -0.4 is 15.4 Å². The lowest BCUT2D eigenvalue weighted by Crippen LogP contribution is -2.16. The summed E-state index contributed by atoms with van der Waals surface area (Å²) in [6.45, 7) is 0.463. The molecule has 26 heavy (non-hydrogen) atoms. The van der Waals surface area contributed by atoms with E-state index in [0.717, 1.165) is 22.6 Å². The fraction of sp³-hybridized carbons (Fsp3) is 0.167. The Bertz CT molecular complexity index is 869. The van der Waals surface area contributed by atoms with Gasteiger partial charge in [-0.05, 0) is 41.9 Å². The average Bonchev–Trinajstić information content (AvgIpc) is 3.17. The van der Waals surface area contributed by atoms with Crippen LogP contribution in [0.5, 0.6) is 5.75 Å². The molecule has 1 amide bonds. The Morgan fingerprint density at radius 2 is 2.04 bits per heavy atom. The van der Waals surface area contributed by atoms with Crippen molar-refractivity contribution in [3.05, 3.63) is 52.9 Å². The lowest BCUT2D eigenvalue weighted by molar-refractivity contribution is -0.115. The summed E-state index contributed by atoms with van der Waals surface area (Å²) >= 11 is 7.29. The molecule has 0 aliphatic carbocycles. The summed E-state index contributed by atoms with van der Waals surface area (Å²) in [5.41, 5.74) is 3.29. The van der Waals surface area contributed by atoms with Crippen molar-refractivity contribution in [1.29, 1.82) is 0 Å². The van der Waals surface area contributed by atoms with E-state index in [0.29, 0.717) is 23.7 Å². The number of carbonyl (C=O) groups excluding carboxylic acids is 1. The molecule has 0 unspecified atom stereocenters. The van der Waals surface area contributed by atoms with E-state index in [2.05, 4.69) is 20.2 Å². The van der Waals surface area contributed by atoms with Gasteiger partial charge in [0.05, 0.1) is 12.8 Å². The molecule has 0 aliphatic rings. The molecule has 1 aromatic heterocycles. The number of carbonyl (C=O) groups is 1. The third-order valence-electron chi connectivity index (χ3n) is 3.65. The zero-order valence-corrected chi connectivity index (χ0v) is 15.6. The molecule has 2 N–H and O–H groups in total. The maximum atomic E-state index is 12.1. The van der Waals surface area contributed by atoms with E-state index in [1.807, 2.05) is 29.6 Å². The van der Waals surface area contributed by atoms with Gasteiger partial charge in [-0.3, -0.25) is 4.79 Å². The summed E-state index contributed by atoms with van der Waals surface area (Å²) in [6, 6.07) is 12.8. The van der Waals surface area contributed by atoms with Gasteiger partial charge in [-0.2, -0.15) is 0 Å². The van der Waals surface area contributed by atoms with Crippen LogP contribution in [0.3, 0.4) is 0 Å².